The van der Waals surface area contributed by atoms with Gasteiger partial charge in [-0.15, -0.1) is 0 Å². The van der Waals surface area contributed by atoms with Crippen molar-refractivity contribution >= 4 is 29.0 Å². The highest BCUT2D eigenvalue weighted by Crippen LogP contribution is 2.34. The summed E-state index contributed by atoms with van der Waals surface area (Å²) in [6.07, 6.45) is 1.69. The summed E-state index contributed by atoms with van der Waals surface area (Å²) in [5, 5.41) is -0.252. The van der Waals surface area contributed by atoms with Crippen LogP contribution >= 0.6 is 11.8 Å². The van der Waals surface area contributed by atoms with E-state index < -0.39 is 0 Å². The van der Waals surface area contributed by atoms with Gasteiger partial charge >= 0.3 is 0 Å². The van der Waals surface area contributed by atoms with E-state index in [1.165, 1.54) is 4.90 Å². The molecule has 0 atom stereocenters. The normalized spacial score (nSPS) is 16.5. The van der Waals surface area contributed by atoms with Gasteiger partial charge < -0.3 is 15.2 Å². The summed E-state index contributed by atoms with van der Waals surface area (Å²) in [6, 6.07) is 5.39. The number of benzene rings is 1. The number of hydrogen-bond acceptors (Lipinski definition) is 5. The van der Waals surface area contributed by atoms with Crippen LogP contribution < -0.4 is 15.2 Å². The van der Waals surface area contributed by atoms with E-state index in [0.717, 1.165) is 17.3 Å². The third-order valence-electron chi connectivity index (χ3n) is 3.04. The van der Waals surface area contributed by atoms with Crippen molar-refractivity contribution in [3.05, 3.63) is 28.7 Å². The van der Waals surface area contributed by atoms with Gasteiger partial charge in [0.2, 0.25) is 0 Å². The minimum absolute atomic E-state index is 0.252. The molecule has 1 heterocycles. The number of quaternary nitrogens is 1. The fourth-order valence-electron chi connectivity index (χ4n) is 2.05. The maximum absolute atomic E-state index is 12.2. The molecule has 0 bridgehead atoms. The van der Waals surface area contributed by atoms with Crippen molar-refractivity contribution in [2.75, 3.05) is 26.8 Å². The molecule has 2 amide bonds. The number of hydrogen-bond donors (Lipinski definition) is 1. The van der Waals surface area contributed by atoms with Gasteiger partial charge in [0.25, 0.3) is 11.1 Å². The van der Waals surface area contributed by atoms with Gasteiger partial charge in [-0.05, 0) is 42.5 Å². The lowest BCUT2D eigenvalue weighted by Crippen LogP contribution is -2.55. The lowest BCUT2D eigenvalue weighted by atomic mass is 10.2. The third-order valence-corrected chi connectivity index (χ3v) is 3.95. The predicted octanol–water partition coefficient (Wildman–Crippen LogP) is 1.37. The maximum atomic E-state index is 12.2. The number of carbonyl (C=O) groups is 2. The minimum atomic E-state index is -0.272. The van der Waals surface area contributed by atoms with E-state index >= 15 is 0 Å². The van der Waals surface area contributed by atoms with Crippen molar-refractivity contribution < 1.29 is 24.8 Å². The Kier molecular flexibility index (Phi) is 5.46. The summed E-state index contributed by atoms with van der Waals surface area (Å²) in [4.78, 5) is 25.6. The average Bonchev–Trinajstić information content (AvgIpc) is 2.77. The van der Waals surface area contributed by atoms with E-state index in [9.17, 15) is 9.59 Å². The molecule has 3 N–H and O–H groups in total. The van der Waals surface area contributed by atoms with Crippen molar-refractivity contribution in [3.8, 4) is 11.5 Å². The van der Waals surface area contributed by atoms with E-state index in [0.29, 0.717) is 36.1 Å². The molecule has 22 heavy (non-hydrogen) atoms. The van der Waals surface area contributed by atoms with Crippen LogP contribution in [0.4, 0.5) is 4.79 Å². The van der Waals surface area contributed by atoms with Gasteiger partial charge in [0, 0.05) is 0 Å². The van der Waals surface area contributed by atoms with Crippen LogP contribution in [0.1, 0.15) is 12.5 Å². The van der Waals surface area contributed by atoms with E-state index in [1.807, 2.05) is 13.0 Å². The Balaban J connectivity index is 2.26. The minimum Gasteiger partial charge on any atom is -0.493 e. The van der Waals surface area contributed by atoms with Crippen LogP contribution in [0.5, 0.6) is 11.5 Å². The first kappa shape index (κ1) is 16.4. The first-order valence-corrected chi connectivity index (χ1v) is 7.77. The van der Waals surface area contributed by atoms with Crippen molar-refractivity contribution in [1.82, 2.24) is 4.90 Å². The van der Waals surface area contributed by atoms with Crippen LogP contribution in [-0.2, 0) is 4.79 Å². The Morgan fingerprint density at radius 3 is 2.73 bits per heavy atom. The SMILES string of the molecule is CCOc1ccc(/C=C2/SC(=O)N(CC[NH3+])C2=O)cc1OC. The van der Waals surface area contributed by atoms with E-state index in [2.05, 4.69) is 5.73 Å². The molecule has 6 nitrogen and oxygen atoms in total. The van der Waals surface area contributed by atoms with Crippen molar-refractivity contribution in [3.63, 3.8) is 0 Å². The Morgan fingerprint density at radius 1 is 1.32 bits per heavy atom. The van der Waals surface area contributed by atoms with E-state index in [4.69, 9.17) is 9.47 Å². The number of methoxy groups -OCH3 is 1. The third kappa shape index (κ3) is 3.42. The van der Waals surface area contributed by atoms with Gasteiger partial charge in [-0.25, -0.2) is 0 Å². The van der Waals surface area contributed by atoms with E-state index in [-0.39, 0.29) is 11.1 Å². The van der Waals surface area contributed by atoms with Crippen molar-refractivity contribution in [2.24, 2.45) is 0 Å². The number of thioether (sulfide) groups is 1. The number of imide groups is 1. The molecule has 0 unspecified atom stereocenters. The van der Waals surface area contributed by atoms with Crippen LogP contribution in [0.15, 0.2) is 23.1 Å². The zero-order valence-corrected chi connectivity index (χ0v) is 13.4. The highest BCUT2D eigenvalue weighted by molar-refractivity contribution is 8.18. The van der Waals surface area contributed by atoms with Crippen LogP contribution in [0.2, 0.25) is 0 Å². The van der Waals surface area contributed by atoms with Crippen molar-refractivity contribution in [1.29, 1.82) is 0 Å². The highest BCUT2D eigenvalue weighted by Gasteiger charge is 2.34. The zero-order chi connectivity index (χ0) is 16.1. The summed E-state index contributed by atoms with van der Waals surface area (Å²) in [5.41, 5.74) is 4.45. The monoisotopic (exact) mass is 323 g/mol. The van der Waals surface area contributed by atoms with Gasteiger partial charge in [0.15, 0.2) is 11.5 Å². The number of rotatable bonds is 6. The summed E-state index contributed by atoms with van der Waals surface area (Å²) in [5.74, 6) is 0.964. The van der Waals surface area contributed by atoms with Gasteiger partial charge in [0.1, 0.15) is 0 Å². The standard InChI is InChI=1S/C15H18N2O4S/c1-3-21-11-5-4-10(8-12(11)20-2)9-13-14(18)17(7-6-16)15(19)22-13/h4-5,8-9H,3,6-7,16H2,1-2H3/p+1/b13-9+. The molecule has 0 spiro atoms. The fourth-order valence-corrected chi connectivity index (χ4v) is 2.92. The molecule has 0 radical (unpaired) electrons. The zero-order valence-electron chi connectivity index (χ0n) is 12.6. The molecule has 7 heteroatoms. The number of ether oxygens (including phenoxy) is 2. The predicted molar refractivity (Wildman–Crippen MR) is 84.6 cm³/mol. The molecule has 2 rings (SSSR count). The average molecular weight is 323 g/mol. The molecule has 0 aromatic heterocycles. The van der Waals surface area contributed by atoms with Gasteiger partial charge in [-0.2, -0.15) is 0 Å². The molecule has 1 aliphatic rings. The number of carbonyl (C=O) groups excluding carboxylic acids is 2. The largest absolute Gasteiger partial charge is 0.493 e. The molecular weight excluding hydrogens is 304 g/mol. The summed E-state index contributed by atoms with van der Waals surface area (Å²) in [6.45, 7) is 3.28. The number of amides is 2. The van der Waals surface area contributed by atoms with Crippen molar-refractivity contribution in [2.45, 2.75) is 6.92 Å². The van der Waals surface area contributed by atoms with Crippen LogP contribution in [-0.4, -0.2) is 42.9 Å². The Hall–Kier alpha value is -1.99. The van der Waals surface area contributed by atoms with Gasteiger partial charge in [0.05, 0.1) is 31.7 Å². The molecule has 1 fully saturated rings. The highest BCUT2D eigenvalue weighted by atomic mass is 32.2. The smallest absolute Gasteiger partial charge is 0.293 e. The van der Waals surface area contributed by atoms with Gasteiger partial charge in [-0.1, -0.05) is 6.07 Å². The van der Waals surface area contributed by atoms with E-state index in [1.54, 1.807) is 25.3 Å². The topological polar surface area (TPSA) is 83.5 Å². The van der Waals surface area contributed by atoms with Crippen LogP contribution in [0.25, 0.3) is 6.08 Å². The second-order valence-corrected chi connectivity index (χ2v) is 5.52. The second kappa shape index (κ2) is 7.33. The first-order valence-electron chi connectivity index (χ1n) is 6.96. The lowest BCUT2D eigenvalue weighted by molar-refractivity contribution is -0.367. The molecule has 1 aromatic rings. The molecule has 1 aromatic carbocycles. The first-order chi connectivity index (χ1) is 10.6. The van der Waals surface area contributed by atoms with Gasteiger partial charge in [-0.3, -0.25) is 14.5 Å². The Morgan fingerprint density at radius 2 is 2.09 bits per heavy atom. The molecule has 0 saturated carbocycles. The van der Waals surface area contributed by atoms with Crippen LogP contribution in [0.3, 0.4) is 0 Å². The quantitative estimate of drug-likeness (QED) is 0.800. The fraction of sp³-hybridized carbons (Fsp3) is 0.333. The summed E-state index contributed by atoms with van der Waals surface area (Å²) >= 11 is 0.943. The summed E-state index contributed by atoms with van der Waals surface area (Å²) < 4.78 is 10.7. The lowest BCUT2D eigenvalue weighted by Gasteiger charge is -2.10. The maximum Gasteiger partial charge on any atom is 0.293 e. The Labute approximate surface area is 133 Å². The molecular formula is C15H19N2O4S+. The number of nitrogens with zero attached hydrogens (tertiary/aromatic N) is 1. The molecule has 1 saturated heterocycles. The second-order valence-electron chi connectivity index (χ2n) is 4.53. The molecule has 118 valence electrons. The summed E-state index contributed by atoms with van der Waals surface area (Å²) in [7, 11) is 1.56. The van der Waals surface area contributed by atoms with Crippen LogP contribution in [0, 0.1) is 0 Å². The molecule has 1 aliphatic heterocycles. The molecule has 0 aliphatic carbocycles. The Bertz CT molecular complexity index is 616.